The molecule has 1 fully saturated rings. The van der Waals surface area contributed by atoms with E-state index in [1.54, 1.807) is 0 Å². The first-order valence-corrected chi connectivity index (χ1v) is 5.50. The Kier molecular flexibility index (Phi) is 2.86. The first-order chi connectivity index (χ1) is 7.18. The molecule has 0 bridgehead atoms. The second-order valence-corrected chi connectivity index (χ2v) is 4.18. The first kappa shape index (κ1) is 10.4. The van der Waals surface area contributed by atoms with Crippen molar-refractivity contribution in [3.05, 3.63) is 17.1 Å². The summed E-state index contributed by atoms with van der Waals surface area (Å²) in [5, 5.41) is 3.35. The molecule has 1 aliphatic heterocycles. The van der Waals surface area contributed by atoms with Gasteiger partial charge in [0.05, 0.1) is 0 Å². The van der Waals surface area contributed by atoms with Crippen molar-refractivity contribution in [1.29, 1.82) is 0 Å². The third kappa shape index (κ3) is 2.09. The van der Waals surface area contributed by atoms with Gasteiger partial charge in [-0.05, 0) is 45.7 Å². The Bertz CT molecular complexity index is 333. The maximum atomic E-state index is 5.98. The molecule has 82 valence electrons. The molecule has 1 aromatic heterocycles. The van der Waals surface area contributed by atoms with E-state index in [9.17, 15) is 0 Å². The maximum Gasteiger partial charge on any atom is 0.130 e. The molecule has 2 heterocycles. The Labute approximate surface area is 90.3 Å². The fourth-order valence-electron chi connectivity index (χ4n) is 2.36. The molecule has 0 aliphatic carbocycles. The average Bonchev–Trinajstić information content (AvgIpc) is 2.17. The third-order valence-electron chi connectivity index (χ3n) is 3.02. The highest BCUT2D eigenvalue weighted by Crippen LogP contribution is 2.30. The third-order valence-corrected chi connectivity index (χ3v) is 3.02. The maximum absolute atomic E-state index is 5.98. The Morgan fingerprint density at radius 1 is 1.20 bits per heavy atom. The smallest absolute Gasteiger partial charge is 0.130 e. The molecule has 0 radical (unpaired) electrons. The molecule has 3 N–H and O–H groups in total. The standard InChI is InChI=1S/C11H18N4/c1-7-10(9-3-5-13-6-4-9)11(12)15-8(2)14-7/h9,13H,3-6H2,1-2H3,(H2,12,14,15). The molecule has 0 amide bonds. The summed E-state index contributed by atoms with van der Waals surface area (Å²) in [6.07, 6.45) is 2.27. The molecule has 1 saturated heterocycles. The fraction of sp³-hybridized carbons (Fsp3) is 0.636. The van der Waals surface area contributed by atoms with Crippen molar-refractivity contribution in [1.82, 2.24) is 15.3 Å². The minimum absolute atomic E-state index is 0.534. The predicted molar refractivity (Wildman–Crippen MR) is 60.8 cm³/mol. The zero-order chi connectivity index (χ0) is 10.8. The quantitative estimate of drug-likeness (QED) is 0.723. The van der Waals surface area contributed by atoms with Gasteiger partial charge in [0, 0.05) is 11.3 Å². The van der Waals surface area contributed by atoms with Gasteiger partial charge >= 0.3 is 0 Å². The van der Waals surface area contributed by atoms with E-state index in [0.717, 1.165) is 37.4 Å². The topological polar surface area (TPSA) is 63.8 Å². The predicted octanol–water partition coefficient (Wildman–Crippen LogP) is 1.14. The highest BCUT2D eigenvalue weighted by molar-refractivity contribution is 5.44. The molecule has 4 nitrogen and oxygen atoms in total. The molecule has 15 heavy (non-hydrogen) atoms. The van der Waals surface area contributed by atoms with Crippen molar-refractivity contribution in [2.75, 3.05) is 18.8 Å². The van der Waals surface area contributed by atoms with Crippen LogP contribution in [-0.2, 0) is 0 Å². The van der Waals surface area contributed by atoms with Crippen LogP contribution in [0.15, 0.2) is 0 Å². The van der Waals surface area contributed by atoms with Crippen molar-refractivity contribution < 1.29 is 0 Å². The van der Waals surface area contributed by atoms with Gasteiger partial charge in [0.25, 0.3) is 0 Å². The molecule has 0 aromatic carbocycles. The number of hydrogen-bond acceptors (Lipinski definition) is 4. The van der Waals surface area contributed by atoms with Crippen molar-refractivity contribution in [3.8, 4) is 0 Å². The number of nitrogen functional groups attached to an aromatic ring is 1. The van der Waals surface area contributed by atoms with Crippen LogP contribution in [-0.4, -0.2) is 23.1 Å². The largest absolute Gasteiger partial charge is 0.383 e. The summed E-state index contributed by atoms with van der Waals surface area (Å²) in [7, 11) is 0. The number of aryl methyl sites for hydroxylation is 2. The summed E-state index contributed by atoms with van der Waals surface area (Å²) in [4.78, 5) is 8.65. The number of hydrogen-bond donors (Lipinski definition) is 2. The second-order valence-electron chi connectivity index (χ2n) is 4.18. The summed E-state index contributed by atoms with van der Waals surface area (Å²) < 4.78 is 0. The van der Waals surface area contributed by atoms with Gasteiger partial charge < -0.3 is 11.1 Å². The highest BCUT2D eigenvalue weighted by Gasteiger charge is 2.20. The normalized spacial score (nSPS) is 18.0. The highest BCUT2D eigenvalue weighted by atomic mass is 15.0. The van der Waals surface area contributed by atoms with Crippen molar-refractivity contribution in [2.24, 2.45) is 0 Å². The van der Waals surface area contributed by atoms with Crippen LogP contribution in [0.1, 0.15) is 35.8 Å². The Hall–Kier alpha value is -1.16. The van der Waals surface area contributed by atoms with Crippen molar-refractivity contribution >= 4 is 5.82 Å². The number of nitrogens with one attached hydrogen (secondary N) is 1. The first-order valence-electron chi connectivity index (χ1n) is 5.50. The number of aromatic nitrogens is 2. The van der Waals surface area contributed by atoms with Gasteiger partial charge in [-0.1, -0.05) is 0 Å². The molecule has 1 aromatic rings. The van der Waals surface area contributed by atoms with Crippen LogP contribution < -0.4 is 11.1 Å². The SMILES string of the molecule is Cc1nc(C)c(C2CCNCC2)c(N)n1. The lowest BCUT2D eigenvalue weighted by Gasteiger charge is -2.24. The van der Waals surface area contributed by atoms with Gasteiger partial charge in [-0.2, -0.15) is 0 Å². The number of nitrogens with two attached hydrogens (primary N) is 1. The zero-order valence-electron chi connectivity index (χ0n) is 9.38. The fourth-order valence-corrected chi connectivity index (χ4v) is 2.36. The van der Waals surface area contributed by atoms with Crippen LogP contribution in [0.2, 0.25) is 0 Å². The van der Waals surface area contributed by atoms with Gasteiger partial charge in [-0.3, -0.25) is 0 Å². The summed E-state index contributed by atoms with van der Waals surface area (Å²) in [6, 6.07) is 0. The van der Waals surface area contributed by atoms with Crippen molar-refractivity contribution in [3.63, 3.8) is 0 Å². The number of rotatable bonds is 1. The van der Waals surface area contributed by atoms with E-state index in [-0.39, 0.29) is 0 Å². The lowest BCUT2D eigenvalue weighted by molar-refractivity contribution is 0.458. The molecule has 4 heteroatoms. The lowest BCUT2D eigenvalue weighted by atomic mass is 9.89. The lowest BCUT2D eigenvalue weighted by Crippen LogP contribution is -2.27. The van der Waals surface area contributed by atoms with Gasteiger partial charge in [0.1, 0.15) is 11.6 Å². The van der Waals surface area contributed by atoms with Crippen LogP contribution in [0.3, 0.4) is 0 Å². The zero-order valence-corrected chi connectivity index (χ0v) is 9.38. The van der Waals surface area contributed by atoms with Gasteiger partial charge in [-0.15, -0.1) is 0 Å². The summed E-state index contributed by atoms with van der Waals surface area (Å²) in [5.41, 5.74) is 8.20. The summed E-state index contributed by atoms with van der Waals surface area (Å²) in [6.45, 7) is 6.05. The van der Waals surface area contributed by atoms with E-state index in [1.165, 1.54) is 5.56 Å². The van der Waals surface area contributed by atoms with Crippen LogP contribution in [0, 0.1) is 13.8 Å². The molecule has 0 atom stereocenters. The van der Waals surface area contributed by atoms with Crippen molar-refractivity contribution in [2.45, 2.75) is 32.6 Å². The van der Waals surface area contributed by atoms with Crippen LogP contribution >= 0.6 is 0 Å². The van der Waals surface area contributed by atoms with E-state index < -0.39 is 0 Å². The van der Waals surface area contributed by atoms with E-state index in [0.29, 0.717) is 11.7 Å². The number of nitrogens with zero attached hydrogens (tertiary/aromatic N) is 2. The average molecular weight is 206 g/mol. The molecular weight excluding hydrogens is 188 g/mol. The molecule has 1 aliphatic rings. The monoisotopic (exact) mass is 206 g/mol. The molecule has 0 spiro atoms. The Morgan fingerprint density at radius 3 is 2.47 bits per heavy atom. The second kappa shape index (κ2) is 4.14. The molecule has 0 unspecified atom stereocenters. The summed E-state index contributed by atoms with van der Waals surface area (Å²) >= 11 is 0. The van der Waals surface area contributed by atoms with Crippen LogP contribution in [0.25, 0.3) is 0 Å². The van der Waals surface area contributed by atoms with E-state index in [2.05, 4.69) is 15.3 Å². The van der Waals surface area contributed by atoms with Gasteiger partial charge in [-0.25, -0.2) is 9.97 Å². The minimum atomic E-state index is 0.534. The van der Waals surface area contributed by atoms with E-state index in [1.807, 2.05) is 13.8 Å². The molecule has 2 rings (SSSR count). The Balaban J connectivity index is 2.33. The molecular formula is C11H18N4. The minimum Gasteiger partial charge on any atom is -0.383 e. The number of anilines is 1. The van der Waals surface area contributed by atoms with Gasteiger partial charge in [0.15, 0.2) is 0 Å². The molecule has 0 saturated carbocycles. The number of piperidine rings is 1. The summed E-state index contributed by atoms with van der Waals surface area (Å²) in [5.74, 6) is 1.97. The van der Waals surface area contributed by atoms with Crippen LogP contribution in [0.4, 0.5) is 5.82 Å². The van der Waals surface area contributed by atoms with E-state index in [4.69, 9.17) is 5.73 Å². The van der Waals surface area contributed by atoms with Crippen LogP contribution in [0.5, 0.6) is 0 Å². The van der Waals surface area contributed by atoms with E-state index >= 15 is 0 Å². The van der Waals surface area contributed by atoms with Gasteiger partial charge in [0.2, 0.25) is 0 Å². The Morgan fingerprint density at radius 2 is 1.87 bits per heavy atom.